The zero-order chi connectivity index (χ0) is 13.2. The van der Waals surface area contributed by atoms with Gasteiger partial charge in [0.2, 0.25) is 0 Å². The molecule has 1 saturated heterocycles. The van der Waals surface area contributed by atoms with Gasteiger partial charge in [-0.25, -0.2) is 4.98 Å². The third-order valence-corrected chi connectivity index (χ3v) is 4.04. The van der Waals surface area contributed by atoms with Crippen LogP contribution >= 0.6 is 11.6 Å². The molecule has 3 heterocycles. The molecule has 1 aliphatic rings. The van der Waals surface area contributed by atoms with Gasteiger partial charge in [-0.2, -0.15) is 0 Å². The van der Waals surface area contributed by atoms with E-state index in [0.29, 0.717) is 0 Å². The maximum atomic E-state index is 6.05. The van der Waals surface area contributed by atoms with Crippen LogP contribution in [0, 0.1) is 0 Å². The predicted molar refractivity (Wildman–Crippen MR) is 77.8 cm³/mol. The van der Waals surface area contributed by atoms with Crippen LogP contribution in [-0.2, 0) is 6.42 Å². The van der Waals surface area contributed by atoms with E-state index in [1.54, 1.807) is 0 Å². The second kappa shape index (κ2) is 5.49. The monoisotopic (exact) mass is 278 g/mol. The lowest BCUT2D eigenvalue weighted by molar-refractivity contribution is 0.155. The van der Waals surface area contributed by atoms with Crippen LogP contribution in [0.15, 0.2) is 24.5 Å². The average molecular weight is 279 g/mol. The van der Waals surface area contributed by atoms with Crippen molar-refractivity contribution >= 4 is 17.1 Å². The molecule has 19 heavy (non-hydrogen) atoms. The van der Waals surface area contributed by atoms with Crippen LogP contribution in [-0.4, -0.2) is 59.0 Å². The number of aromatic nitrogens is 2. The molecule has 5 heteroatoms. The molecule has 3 rings (SSSR count). The molecule has 0 N–H and O–H groups in total. The molecule has 0 spiro atoms. The van der Waals surface area contributed by atoms with E-state index >= 15 is 0 Å². The lowest BCUT2D eigenvalue weighted by Gasteiger charge is -2.32. The number of likely N-dealkylation sites (N-methyl/N-ethyl adjacent to an activating group) is 1. The quantitative estimate of drug-likeness (QED) is 0.855. The van der Waals surface area contributed by atoms with Crippen LogP contribution in [0.4, 0.5) is 0 Å². The van der Waals surface area contributed by atoms with E-state index < -0.39 is 0 Å². The van der Waals surface area contributed by atoms with Crippen molar-refractivity contribution in [2.45, 2.75) is 6.42 Å². The zero-order valence-electron chi connectivity index (χ0n) is 11.2. The summed E-state index contributed by atoms with van der Waals surface area (Å²) >= 11 is 6.05. The fourth-order valence-corrected chi connectivity index (χ4v) is 2.69. The highest BCUT2D eigenvalue weighted by Crippen LogP contribution is 2.14. The number of rotatable bonds is 3. The molecular formula is C14H19ClN4. The topological polar surface area (TPSA) is 23.8 Å². The van der Waals surface area contributed by atoms with Gasteiger partial charge in [-0.15, -0.1) is 0 Å². The Morgan fingerprint density at radius 1 is 1.21 bits per heavy atom. The van der Waals surface area contributed by atoms with E-state index in [1.165, 1.54) is 0 Å². The predicted octanol–water partition coefficient (Wildman–Crippen LogP) is 1.78. The van der Waals surface area contributed by atoms with Crippen LogP contribution in [0.2, 0.25) is 5.02 Å². The second-order valence-corrected chi connectivity index (χ2v) is 5.65. The standard InChI is InChI=1S/C14H19ClN4/c1-17-6-8-18(9-7-17)5-4-14-16-10-13-3-2-12(15)11-19(13)14/h2-3,10-11H,4-9H2,1H3. The highest BCUT2D eigenvalue weighted by molar-refractivity contribution is 6.30. The zero-order valence-corrected chi connectivity index (χ0v) is 12.0. The van der Waals surface area contributed by atoms with Crippen molar-refractivity contribution in [1.29, 1.82) is 0 Å². The maximum absolute atomic E-state index is 6.05. The van der Waals surface area contributed by atoms with Crippen LogP contribution < -0.4 is 0 Å². The Kier molecular flexibility index (Phi) is 3.73. The van der Waals surface area contributed by atoms with Crippen molar-refractivity contribution in [3.63, 3.8) is 0 Å². The normalized spacial score (nSPS) is 18.2. The van der Waals surface area contributed by atoms with E-state index in [2.05, 4.69) is 26.2 Å². The van der Waals surface area contributed by atoms with Gasteiger partial charge >= 0.3 is 0 Å². The van der Waals surface area contributed by atoms with Crippen LogP contribution in [0.3, 0.4) is 0 Å². The third kappa shape index (κ3) is 2.91. The lowest BCUT2D eigenvalue weighted by Crippen LogP contribution is -2.45. The number of pyridine rings is 1. The molecule has 0 amide bonds. The molecule has 0 saturated carbocycles. The number of hydrogen-bond donors (Lipinski definition) is 0. The van der Waals surface area contributed by atoms with Crippen molar-refractivity contribution in [3.8, 4) is 0 Å². The molecule has 1 aliphatic heterocycles. The highest BCUT2D eigenvalue weighted by Gasteiger charge is 2.14. The average Bonchev–Trinajstić information content (AvgIpc) is 2.80. The molecule has 0 atom stereocenters. The van der Waals surface area contributed by atoms with Gasteiger partial charge in [0.1, 0.15) is 5.82 Å². The minimum Gasteiger partial charge on any atom is -0.304 e. The van der Waals surface area contributed by atoms with Gasteiger partial charge in [0.15, 0.2) is 0 Å². The largest absolute Gasteiger partial charge is 0.304 e. The second-order valence-electron chi connectivity index (χ2n) is 5.21. The summed E-state index contributed by atoms with van der Waals surface area (Å²) in [6.45, 7) is 5.70. The van der Waals surface area contributed by atoms with E-state index in [0.717, 1.165) is 55.5 Å². The Morgan fingerprint density at radius 3 is 2.79 bits per heavy atom. The summed E-state index contributed by atoms with van der Waals surface area (Å²) in [5.41, 5.74) is 1.11. The van der Waals surface area contributed by atoms with Gasteiger partial charge in [-0.3, -0.25) is 0 Å². The fourth-order valence-electron chi connectivity index (χ4n) is 2.53. The van der Waals surface area contributed by atoms with Gasteiger partial charge in [-0.1, -0.05) is 11.6 Å². The summed E-state index contributed by atoms with van der Waals surface area (Å²) in [5.74, 6) is 1.09. The smallest absolute Gasteiger partial charge is 0.114 e. The molecule has 0 aromatic carbocycles. The molecule has 0 unspecified atom stereocenters. The number of piperazine rings is 1. The van der Waals surface area contributed by atoms with Gasteiger partial charge in [0.25, 0.3) is 0 Å². The van der Waals surface area contributed by atoms with Crippen molar-refractivity contribution in [1.82, 2.24) is 19.2 Å². The number of fused-ring (bicyclic) bond motifs is 1. The fraction of sp³-hybridized carbons (Fsp3) is 0.500. The summed E-state index contributed by atoms with van der Waals surface area (Å²) in [6.07, 6.45) is 4.83. The molecule has 0 aliphatic carbocycles. The number of imidazole rings is 1. The van der Waals surface area contributed by atoms with E-state index in [9.17, 15) is 0 Å². The third-order valence-electron chi connectivity index (χ3n) is 3.82. The number of hydrogen-bond acceptors (Lipinski definition) is 3. The summed E-state index contributed by atoms with van der Waals surface area (Å²) in [5, 5.41) is 0.756. The Labute approximate surface area is 118 Å². The van der Waals surface area contributed by atoms with Crippen LogP contribution in [0.1, 0.15) is 5.82 Å². The summed E-state index contributed by atoms with van der Waals surface area (Å²) < 4.78 is 2.10. The molecule has 2 aromatic rings. The molecule has 1 fully saturated rings. The number of nitrogens with zero attached hydrogens (tertiary/aromatic N) is 4. The van der Waals surface area contributed by atoms with Gasteiger partial charge in [0, 0.05) is 45.3 Å². The molecular weight excluding hydrogens is 260 g/mol. The van der Waals surface area contributed by atoms with Crippen molar-refractivity contribution in [3.05, 3.63) is 35.4 Å². The van der Waals surface area contributed by atoms with E-state index in [1.807, 2.05) is 24.5 Å². The Hall–Kier alpha value is -1.10. The molecule has 102 valence electrons. The first-order valence-corrected chi connectivity index (χ1v) is 7.12. The minimum absolute atomic E-state index is 0.756. The van der Waals surface area contributed by atoms with Crippen molar-refractivity contribution < 1.29 is 0 Å². The maximum Gasteiger partial charge on any atom is 0.114 e. The number of halogens is 1. The summed E-state index contributed by atoms with van der Waals surface area (Å²) in [7, 11) is 2.18. The molecule has 0 bridgehead atoms. The van der Waals surface area contributed by atoms with Crippen LogP contribution in [0.25, 0.3) is 5.52 Å². The first-order valence-electron chi connectivity index (χ1n) is 6.75. The van der Waals surface area contributed by atoms with Gasteiger partial charge in [-0.05, 0) is 19.2 Å². The molecule has 0 radical (unpaired) electrons. The summed E-state index contributed by atoms with van der Waals surface area (Å²) in [6, 6.07) is 3.91. The molecule has 2 aromatic heterocycles. The molecule has 4 nitrogen and oxygen atoms in total. The Bertz CT molecular complexity index is 558. The first kappa shape index (κ1) is 12.9. The van der Waals surface area contributed by atoms with Gasteiger partial charge < -0.3 is 14.2 Å². The highest BCUT2D eigenvalue weighted by atomic mass is 35.5. The van der Waals surface area contributed by atoms with Crippen LogP contribution in [0.5, 0.6) is 0 Å². The van der Waals surface area contributed by atoms with Crippen molar-refractivity contribution in [2.75, 3.05) is 39.8 Å². The Balaban J connectivity index is 1.67. The van der Waals surface area contributed by atoms with E-state index in [4.69, 9.17) is 11.6 Å². The van der Waals surface area contributed by atoms with E-state index in [-0.39, 0.29) is 0 Å². The summed E-state index contributed by atoms with van der Waals surface area (Å²) in [4.78, 5) is 9.38. The van der Waals surface area contributed by atoms with Gasteiger partial charge in [0.05, 0.1) is 16.7 Å². The SMILES string of the molecule is CN1CCN(CCc2ncc3ccc(Cl)cn23)CC1. The minimum atomic E-state index is 0.756. The Morgan fingerprint density at radius 2 is 2.00 bits per heavy atom. The lowest BCUT2D eigenvalue weighted by atomic mass is 10.3. The van der Waals surface area contributed by atoms with Crippen molar-refractivity contribution in [2.24, 2.45) is 0 Å². The first-order chi connectivity index (χ1) is 9.22.